The minimum Gasteiger partial charge on any atom is -0.452 e. The average Bonchev–Trinajstić information content (AvgIpc) is 3.10. The van der Waals surface area contributed by atoms with E-state index in [0.29, 0.717) is 11.4 Å². The molecule has 0 spiro atoms. The number of sulfonamides is 1. The summed E-state index contributed by atoms with van der Waals surface area (Å²) in [6.45, 7) is 5.07. The van der Waals surface area contributed by atoms with Crippen molar-refractivity contribution in [3.8, 4) is 0 Å². The van der Waals surface area contributed by atoms with Gasteiger partial charge in [-0.25, -0.2) is 17.8 Å². The number of nitrogens with zero attached hydrogens (tertiary/aromatic N) is 3. The number of imidazole rings is 1. The van der Waals surface area contributed by atoms with E-state index in [1.165, 1.54) is 29.6 Å². The van der Waals surface area contributed by atoms with Crippen LogP contribution in [-0.4, -0.2) is 53.3 Å². The van der Waals surface area contributed by atoms with Crippen LogP contribution in [0.4, 0.5) is 10.1 Å². The maximum absolute atomic E-state index is 13.6. The fraction of sp³-hybridized carbons (Fsp3) is 0.476. The minimum absolute atomic E-state index is 0.0173. The Balaban J connectivity index is 1.53. The largest absolute Gasteiger partial charge is 0.452 e. The van der Waals surface area contributed by atoms with E-state index in [1.807, 2.05) is 0 Å². The highest BCUT2D eigenvalue weighted by Crippen LogP contribution is 2.25. The summed E-state index contributed by atoms with van der Waals surface area (Å²) in [5, 5.41) is 2.50. The van der Waals surface area contributed by atoms with Crippen molar-refractivity contribution in [2.75, 3.05) is 18.4 Å². The van der Waals surface area contributed by atoms with Crippen molar-refractivity contribution in [3.63, 3.8) is 0 Å². The number of benzene rings is 1. The molecule has 11 heteroatoms. The molecule has 1 atom stereocenters. The second-order valence-electron chi connectivity index (χ2n) is 7.95. The molecule has 1 amide bonds. The summed E-state index contributed by atoms with van der Waals surface area (Å²) < 4.78 is 47.4. The van der Waals surface area contributed by atoms with Gasteiger partial charge in [-0.3, -0.25) is 9.59 Å². The second kappa shape index (κ2) is 9.37. The lowest BCUT2D eigenvalue weighted by molar-refractivity contribution is -0.158. The topological polar surface area (TPSA) is 111 Å². The van der Waals surface area contributed by atoms with E-state index in [2.05, 4.69) is 10.3 Å². The molecule has 2 heterocycles. The maximum Gasteiger partial charge on any atom is 0.309 e. The van der Waals surface area contributed by atoms with E-state index in [4.69, 9.17) is 4.74 Å². The zero-order chi connectivity index (χ0) is 23.6. The molecule has 9 nitrogen and oxygen atoms in total. The van der Waals surface area contributed by atoms with E-state index in [9.17, 15) is 22.4 Å². The third-order valence-corrected chi connectivity index (χ3v) is 7.35. The molecule has 32 heavy (non-hydrogen) atoms. The van der Waals surface area contributed by atoms with Crippen LogP contribution in [0.3, 0.4) is 0 Å². The Morgan fingerprint density at radius 1 is 1.25 bits per heavy atom. The molecular weight excluding hydrogens is 439 g/mol. The van der Waals surface area contributed by atoms with Crippen LogP contribution in [0, 0.1) is 25.6 Å². The van der Waals surface area contributed by atoms with Crippen molar-refractivity contribution in [1.82, 2.24) is 13.9 Å². The second-order valence-corrected chi connectivity index (χ2v) is 9.83. The van der Waals surface area contributed by atoms with Gasteiger partial charge >= 0.3 is 5.97 Å². The highest BCUT2D eigenvalue weighted by atomic mass is 32.2. The van der Waals surface area contributed by atoms with E-state index in [1.54, 1.807) is 31.5 Å². The van der Waals surface area contributed by atoms with Gasteiger partial charge < -0.3 is 14.6 Å². The van der Waals surface area contributed by atoms with Gasteiger partial charge in [0.05, 0.1) is 5.92 Å². The fourth-order valence-corrected chi connectivity index (χ4v) is 4.85. The molecule has 3 rings (SSSR count). The van der Waals surface area contributed by atoms with Gasteiger partial charge in [0.2, 0.25) is 0 Å². The predicted octanol–water partition coefficient (Wildman–Crippen LogP) is 2.15. The number of hydrogen-bond donors (Lipinski definition) is 1. The number of aryl methyl sites for hydroxylation is 3. The number of carbonyl (C=O) groups excluding carboxylic acids is 2. The Morgan fingerprint density at radius 3 is 2.47 bits per heavy atom. The number of ether oxygens (including phenoxy) is 1. The normalized spacial score (nSPS) is 16.5. The van der Waals surface area contributed by atoms with Crippen LogP contribution >= 0.6 is 0 Å². The number of aromatic nitrogens is 2. The number of hydrogen-bond acceptors (Lipinski definition) is 6. The summed E-state index contributed by atoms with van der Waals surface area (Å²) in [6.07, 6.45) is 0.943. The van der Waals surface area contributed by atoms with Crippen molar-refractivity contribution >= 4 is 27.6 Å². The van der Waals surface area contributed by atoms with Crippen molar-refractivity contribution in [3.05, 3.63) is 41.6 Å². The summed E-state index contributed by atoms with van der Waals surface area (Å²) in [4.78, 5) is 28.9. The highest BCUT2D eigenvalue weighted by molar-refractivity contribution is 7.89. The number of rotatable bonds is 6. The Bertz CT molecular complexity index is 1100. The highest BCUT2D eigenvalue weighted by Gasteiger charge is 2.35. The number of anilines is 1. The first-order chi connectivity index (χ1) is 15.0. The minimum atomic E-state index is -3.74. The van der Waals surface area contributed by atoms with Crippen molar-refractivity contribution in [2.45, 2.75) is 44.7 Å². The zero-order valence-corrected chi connectivity index (χ0v) is 19.3. The summed E-state index contributed by atoms with van der Waals surface area (Å²) >= 11 is 0. The van der Waals surface area contributed by atoms with E-state index >= 15 is 0 Å². The summed E-state index contributed by atoms with van der Waals surface area (Å²) in [7, 11) is -2.02. The number of piperidine rings is 1. The van der Waals surface area contributed by atoms with Crippen molar-refractivity contribution < 1.29 is 27.1 Å². The lowest BCUT2D eigenvalue weighted by Gasteiger charge is -2.30. The quantitative estimate of drug-likeness (QED) is 0.653. The molecule has 1 aromatic heterocycles. The summed E-state index contributed by atoms with van der Waals surface area (Å²) in [5.74, 6) is -1.52. The van der Waals surface area contributed by atoms with Gasteiger partial charge in [0.1, 0.15) is 11.6 Å². The molecule has 0 aliphatic carbocycles. The monoisotopic (exact) mass is 466 g/mol. The van der Waals surface area contributed by atoms with Gasteiger partial charge in [-0.05, 0) is 51.3 Å². The predicted molar refractivity (Wildman–Crippen MR) is 115 cm³/mol. The van der Waals surface area contributed by atoms with Crippen LogP contribution in [0.15, 0.2) is 29.4 Å². The fourth-order valence-electron chi connectivity index (χ4n) is 3.35. The van der Waals surface area contributed by atoms with Crippen LogP contribution in [0.2, 0.25) is 0 Å². The van der Waals surface area contributed by atoms with E-state index in [-0.39, 0.29) is 36.6 Å². The molecule has 2 aromatic rings. The first-order valence-corrected chi connectivity index (χ1v) is 11.7. The lowest BCUT2D eigenvalue weighted by atomic mass is 9.98. The van der Waals surface area contributed by atoms with Crippen LogP contribution in [0.5, 0.6) is 0 Å². The summed E-state index contributed by atoms with van der Waals surface area (Å²) in [6, 6.07) is 4.29. The standard InChI is InChI=1S/C21H27FN4O5S/c1-13-5-6-17(11-18(13)22)24-20(27)14(2)31-21(28)16-7-9-26(10-8-16)32(29,30)19-12-25(4)15(3)23-19/h5-6,11-12,14,16H,7-10H2,1-4H3,(H,24,27). The van der Waals surface area contributed by atoms with Crippen LogP contribution in [0.1, 0.15) is 31.2 Å². The molecule has 1 aromatic carbocycles. The van der Waals surface area contributed by atoms with Crippen LogP contribution in [0.25, 0.3) is 0 Å². The number of halogens is 1. The first-order valence-electron chi connectivity index (χ1n) is 10.3. The van der Waals surface area contributed by atoms with Crippen LogP contribution in [-0.2, 0) is 31.4 Å². The Morgan fingerprint density at radius 2 is 1.91 bits per heavy atom. The van der Waals surface area contributed by atoms with Gasteiger partial charge in [-0.15, -0.1) is 0 Å². The third kappa shape index (κ3) is 5.16. The Hall–Kier alpha value is -2.79. The number of esters is 1. The molecule has 1 aliphatic rings. The van der Waals surface area contributed by atoms with E-state index < -0.39 is 39.7 Å². The number of nitrogens with one attached hydrogen (secondary N) is 1. The third-order valence-electron chi connectivity index (χ3n) is 5.58. The van der Waals surface area contributed by atoms with Crippen molar-refractivity contribution in [2.24, 2.45) is 13.0 Å². The molecule has 1 N–H and O–H groups in total. The number of carbonyl (C=O) groups is 2. The summed E-state index contributed by atoms with van der Waals surface area (Å²) in [5.41, 5.74) is 0.721. The molecule has 1 aliphatic heterocycles. The van der Waals surface area contributed by atoms with Gasteiger partial charge in [0.25, 0.3) is 15.9 Å². The molecular formula is C21H27FN4O5S. The smallest absolute Gasteiger partial charge is 0.309 e. The molecule has 174 valence electrons. The molecule has 0 radical (unpaired) electrons. The van der Waals surface area contributed by atoms with Gasteiger partial charge in [0, 0.05) is 32.0 Å². The average molecular weight is 467 g/mol. The van der Waals surface area contributed by atoms with Gasteiger partial charge in [0.15, 0.2) is 11.1 Å². The molecule has 0 saturated carbocycles. The molecule has 0 bridgehead atoms. The van der Waals surface area contributed by atoms with E-state index in [0.717, 1.165) is 0 Å². The first kappa shape index (κ1) is 23.9. The molecule has 1 unspecified atom stereocenters. The van der Waals surface area contributed by atoms with Gasteiger partial charge in [-0.1, -0.05) is 6.07 Å². The Labute approximate surface area is 186 Å². The number of amides is 1. The SMILES string of the molecule is Cc1ccc(NC(=O)C(C)OC(=O)C2CCN(S(=O)(=O)c3cn(C)c(C)n3)CC2)cc1F. The molecule has 1 fully saturated rings. The maximum atomic E-state index is 13.6. The lowest BCUT2D eigenvalue weighted by Crippen LogP contribution is -2.41. The van der Waals surface area contributed by atoms with Crippen LogP contribution < -0.4 is 5.32 Å². The van der Waals surface area contributed by atoms with Crippen molar-refractivity contribution in [1.29, 1.82) is 0 Å². The van der Waals surface area contributed by atoms with Gasteiger partial charge in [-0.2, -0.15) is 4.31 Å². The zero-order valence-electron chi connectivity index (χ0n) is 18.5. The molecule has 1 saturated heterocycles. The Kier molecular flexibility index (Phi) is 6.99.